The number of carbonyl (C=O) groups is 2. The molecule has 0 saturated carbocycles. The van der Waals surface area contributed by atoms with Gasteiger partial charge >= 0.3 is 11.9 Å². The van der Waals surface area contributed by atoms with Crippen LogP contribution in [0.15, 0.2) is 0 Å². The summed E-state index contributed by atoms with van der Waals surface area (Å²) in [7, 11) is 0. The smallest absolute Gasteiger partial charge is 0.355 e. The number of hydrogen-bond donors (Lipinski definition) is 2. The van der Waals surface area contributed by atoms with Gasteiger partial charge in [-0.05, 0) is 38.8 Å². The molecule has 20 heavy (non-hydrogen) atoms. The van der Waals surface area contributed by atoms with Crippen molar-refractivity contribution in [3.63, 3.8) is 0 Å². The van der Waals surface area contributed by atoms with E-state index in [9.17, 15) is 9.59 Å². The number of aryl methyl sites for hydroxylation is 1. The number of rotatable bonds is 6. The van der Waals surface area contributed by atoms with Gasteiger partial charge in [0.15, 0.2) is 0 Å². The van der Waals surface area contributed by atoms with Gasteiger partial charge in [0.25, 0.3) is 0 Å². The van der Waals surface area contributed by atoms with Crippen LogP contribution in [-0.4, -0.2) is 36.2 Å². The number of nitrogens with one attached hydrogen (secondary N) is 1. The average molecular weight is 282 g/mol. The molecule has 0 radical (unpaired) electrons. The van der Waals surface area contributed by atoms with Crippen molar-refractivity contribution in [3.8, 4) is 0 Å². The summed E-state index contributed by atoms with van der Waals surface area (Å²) in [6.45, 7) is 7.74. The van der Waals surface area contributed by atoms with Crippen molar-refractivity contribution in [2.75, 3.05) is 13.2 Å². The molecule has 0 saturated heterocycles. The number of nitrogens with two attached hydrogens (primary N) is 1. The van der Waals surface area contributed by atoms with Crippen molar-refractivity contribution >= 4 is 11.9 Å². The Morgan fingerprint density at radius 3 is 2.35 bits per heavy atom. The first-order valence-corrected chi connectivity index (χ1v) is 6.69. The second kappa shape index (κ2) is 7.09. The molecule has 0 fully saturated rings. The number of esters is 2. The third kappa shape index (κ3) is 3.60. The van der Waals surface area contributed by atoms with Crippen LogP contribution in [0, 0.1) is 13.8 Å². The van der Waals surface area contributed by atoms with Crippen molar-refractivity contribution in [2.45, 2.75) is 40.2 Å². The number of hydrogen-bond acceptors (Lipinski definition) is 5. The molecule has 0 aliphatic heterocycles. The molecule has 0 aromatic carbocycles. The normalized spacial score (nSPS) is 12.1. The Balaban J connectivity index is 2.91. The Bertz CT molecular complexity index is 494. The third-order valence-corrected chi connectivity index (χ3v) is 3.09. The highest BCUT2D eigenvalue weighted by molar-refractivity contribution is 5.90. The minimum Gasteiger partial charge on any atom is -0.465 e. The molecule has 0 aliphatic rings. The van der Waals surface area contributed by atoms with Crippen LogP contribution < -0.4 is 5.73 Å². The third-order valence-electron chi connectivity index (χ3n) is 3.09. The van der Waals surface area contributed by atoms with Crippen molar-refractivity contribution in [1.82, 2.24) is 4.98 Å². The molecule has 0 amide bonds. The maximum absolute atomic E-state index is 11.8. The lowest BCUT2D eigenvalue weighted by molar-refractivity contribution is -0.144. The van der Waals surface area contributed by atoms with E-state index >= 15 is 0 Å². The molecule has 1 unspecified atom stereocenters. The van der Waals surface area contributed by atoms with E-state index < -0.39 is 18.0 Å². The number of aromatic amines is 1. The fourth-order valence-electron chi connectivity index (χ4n) is 2.05. The van der Waals surface area contributed by atoms with E-state index in [2.05, 4.69) is 4.98 Å². The Kier molecular flexibility index (Phi) is 5.76. The lowest BCUT2D eigenvalue weighted by atomic mass is 10.0. The first-order valence-electron chi connectivity index (χ1n) is 6.69. The summed E-state index contributed by atoms with van der Waals surface area (Å²) < 4.78 is 9.86. The van der Waals surface area contributed by atoms with Gasteiger partial charge in [0.05, 0.1) is 13.2 Å². The summed E-state index contributed by atoms with van der Waals surface area (Å²) in [4.78, 5) is 26.3. The standard InChI is InChI=1S/C14H22N2O4/c1-5-19-13(17)11(15)7-10-8(3)12(16-9(10)4)14(18)20-6-2/h11,16H,5-7,15H2,1-4H3. The molecule has 0 aliphatic carbocycles. The summed E-state index contributed by atoms with van der Waals surface area (Å²) in [5, 5.41) is 0. The summed E-state index contributed by atoms with van der Waals surface area (Å²) >= 11 is 0. The molecule has 0 spiro atoms. The van der Waals surface area contributed by atoms with Crippen molar-refractivity contribution in [2.24, 2.45) is 5.73 Å². The zero-order valence-electron chi connectivity index (χ0n) is 12.4. The van der Waals surface area contributed by atoms with E-state index in [1.165, 1.54) is 0 Å². The minimum atomic E-state index is -0.738. The van der Waals surface area contributed by atoms with Crippen LogP contribution in [0.3, 0.4) is 0 Å². The molecular formula is C14H22N2O4. The van der Waals surface area contributed by atoms with E-state index in [0.29, 0.717) is 25.3 Å². The molecule has 3 N–H and O–H groups in total. The number of carbonyl (C=O) groups excluding carboxylic acids is 2. The van der Waals surface area contributed by atoms with E-state index in [0.717, 1.165) is 16.8 Å². The van der Waals surface area contributed by atoms with Crippen LogP contribution in [0.2, 0.25) is 0 Å². The summed E-state index contributed by atoms with van der Waals surface area (Å²) in [6, 6.07) is -0.738. The van der Waals surface area contributed by atoms with Crippen LogP contribution >= 0.6 is 0 Å². The molecule has 1 rings (SSSR count). The van der Waals surface area contributed by atoms with Crippen LogP contribution in [0.5, 0.6) is 0 Å². The Hall–Kier alpha value is -1.82. The van der Waals surface area contributed by atoms with E-state index in [1.807, 2.05) is 13.8 Å². The monoisotopic (exact) mass is 282 g/mol. The number of ether oxygens (including phenoxy) is 2. The predicted octanol–water partition coefficient (Wildman–Crippen LogP) is 1.24. The first-order chi connectivity index (χ1) is 9.42. The molecule has 1 aromatic heterocycles. The molecule has 6 nitrogen and oxygen atoms in total. The number of aromatic nitrogens is 1. The van der Waals surface area contributed by atoms with Gasteiger partial charge in [0, 0.05) is 12.1 Å². The molecule has 6 heteroatoms. The van der Waals surface area contributed by atoms with Gasteiger partial charge in [-0.3, -0.25) is 4.79 Å². The minimum absolute atomic E-state index is 0.297. The molecule has 112 valence electrons. The average Bonchev–Trinajstić information content (AvgIpc) is 2.67. The van der Waals surface area contributed by atoms with Crippen LogP contribution in [0.25, 0.3) is 0 Å². The topological polar surface area (TPSA) is 94.4 Å². The highest BCUT2D eigenvalue weighted by Crippen LogP contribution is 2.20. The van der Waals surface area contributed by atoms with Crippen molar-refractivity contribution in [3.05, 3.63) is 22.5 Å². The lowest BCUT2D eigenvalue weighted by Crippen LogP contribution is -2.34. The summed E-state index contributed by atoms with van der Waals surface area (Å²) in [5.41, 5.74) is 8.66. The van der Waals surface area contributed by atoms with Crippen molar-refractivity contribution in [1.29, 1.82) is 0 Å². The summed E-state index contributed by atoms with van der Waals surface area (Å²) in [5.74, 6) is -0.839. The van der Waals surface area contributed by atoms with Gasteiger partial charge in [-0.15, -0.1) is 0 Å². The second-order valence-corrected chi connectivity index (χ2v) is 4.51. The van der Waals surface area contributed by atoms with Gasteiger partial charge in [-0.25, -0.2) is 4.79 Å². The van der Waals surface area contributed by atoms with E-state index in [4.69, 9.17) is 15.2 Å². The first kappa shape index (κ1) is 16.2. The molecule has 1 aromatic rings. The quantitative estimate of drug-likeness (QED) is 0.765. The van der Waals surface area contributed by atoms with Gasteiger partial charge in [0.2, 0.25) is 0 Å². The predicted molar refractivity (Wildman–Crippen MR) is 74.5 cm³/mol. The van der Waals surface area contributed by atoms with E-state index in [-0.39, 0.29) is 0 Å². The highest BCUT2D eigenvalue weighted by Gasteiger charge is 2.22. The highest BCUT2D eigenvalue weighted by atomic mass is 16.5. The van der Waals surface area contributed by atoms with Gasteiger partial charge in [0.1, 0.15) is 11.7 Å². The fraction of sp³-hybridized carbons (Fsp3) is 0.571. The Labute approximate surface area is 118 Å². The Morgan fingerprint density at radius 2 is 1.80 bits per heavy atom. The SMILES string of the molecule is CCOC(=O)c1[nH]c(C)c(CC(N)C(=O)OCC)c1C. The number of H-pyrrole nitrogens is 1. The Morgan fingerprint density at radius 1 is 1.20 bits per heavy atom. The van der Waals surface area contributed by atoms with Crippen LogP contribution in [0.1, 0.15) is 41.2 Å². The summed E-state index contributed by atoms with van der Waals surface area (Å²) in [6.07, 6.45) is 0.326. The van der Waals surface area contributed by atoms with Gasteiger partial charge < -0.3 is 20.2 Å². The molecule has 1 heterocycles. The largest absolute Gasteiger partial charge is 0.465 e. The van der Waals surface area contributed by atoms with Crippen molar-refractivity contribution < 1.29 is 19.1 Å². The van der Waals surface area contributed by atoms with Gasteiger partial charge in [-0.2, -0.15) is 0 Å². The van der Waals surface area contributed by atoms with Crippen LogP contribution in [0.4, 0.5) is 0 Å². The fourth-order valence-corrected chi connectivity index (χ4v) is 2.05. The van der Waals surface area contributed by atoms with E-state index in [1.54, 1.807) is 13.8 Å². The zero-order chi connectivity index (χ0) is 15.3. The molecular weight excluding hydrogens is 260 g/mol. The maximum Gasteiger partial charge on any atom is 0.355 e. The second-order valence-electron chi connectivity index (χ2n) is 4.51. The zero-order valence-corrected chi connectivity index (χ0v) is 12.4. The lowest BCUT2D eigenvalue weighted by Gasteiger charge is -2.11. The molecule has 0 bridgehead atoms. The van der Waals surface area contributed by atoms with Gasteiger partial charge in [-0.1, -0.05) is 0 Å². The maximum atomic E-state index is 11.8. The van der Waals surface area contributed by atoms with Crippen LogP contribution in [-0.2, 0) is 20.7 Å². The molecule has 1 atom stereocenters.